The van der Waals surface area contributed by atoms with Gasteiger partial charge in [0.25, 0.3) is 5.91 Å². The molecule has 412 valence electrons. The molecule has 2 atom stereocenters. The van der Waals surface area contributed by atoms with Crippen molar-refractivity contribution >= 4 is 30.4 Å². The molecule has 0 unspecified atom stereocenters. The lowest BCUT2D eigenvalue weighted by atomic mass is 10.0. The average Bonchev–Trinajstić information content (AvgIpc) is 4.27. The second kappa shape index (κ2) is 26.1. The summed E-state index contributed by atoms with van der Waals surface area (Å²) in [6.07, 6.45) is 13.6. The quantitative estimate of drug-likeness (QED) is 0.0448. The standard InChI is InChI=1S/C27H32N4O3.C17H25NO6.C15H17N3.ClH/c1-17-21(16-32)12-20(14-25(17)34-11-3-9-28)27(33)30-23-8-7-18-5-6-19(13-22(18)23)24-15-31-10-2-4-26(31)29-24;1-11-13(10-19)8-12(15(20)21)9-14(11)23-7-5-6-18-16(22)24-17(2,3)4;16-13-6-5-10-3-4-11(8-12(10)13)14-9-18-7-1-2-15(18)17-14;/h5-6,12-15,23,32H,2-4,7-11,16,28H2,1H3,(H,30,33);8-9,19H,5-7,10H2,1-4H3,(H,18,22)(H,20,21);3-4,8-9,13H,1-2,5-7,16H2;1H/t23-;;13-;/m1.1./s1. The molecule has 0 bridgehead atoms. The fourth-order valence-electron chi connectivity index (χ4n) is 10.1. The van der Waals surface area contributed by atoms with Crippen LogP contribution in [0.1, 0.15) is 148 Å². The predicted octanol–water partition coefficient (Wildman–Crippen LogP) is 8.79. The summed E-state index contributed by atoms with van der Waals surface area (Å²) in [7, 11) is 0. The molecule has 2 aromatic heterocycles. The van der Waals surface area contributed by atoms with Crippen LogP contribution in [0.2, 0.25) is 0 Å². The third-order valence-corrected chi connectivity index (χ3v) is 14.3. The lowest BCUT2D eigenvalue weighted by Gasteiger charge is -2.19. The third kappa shape index (κ3) is 14.4. The summed E-state index contributed by atoms with van der Waals surface area (Å²) in [5, 5.41) is 34.0. The van der Waals surface area contributed by atoms with Crippen LogP contribution in [0.15, 0.2) is 73.1 Å². The number of aromatic carboxylic acids is 1. The Morgan fingerprint density at radius 2 is 1.26 bits per heavy atom. The highest BCUT2D eigenvalue weighted by atomic mass is 35.5. The van der Waals surface area contributed by atoms with Gasteiger partial charge >= 0.3 is 12.1 Å². The van der Waals surface area contributed by atoms with Gasteiger partial charge in [0, 0.05) is 67.6 Å². The van der Waals surface area contributed by atoms with Crippen molar-refractivity contribution in [3.63, 3.8) is 0 Å². The van der Waals surface area contributed by atoms with Crippen LogP contribution in [0.3, 0.4) is 0 Å². The number of carbonyl (C=O) groups is 3. The number of alkyl carbamates (subject to hydrolysis) is 1. The van der Waals surface area contributed by atoms with Crippen LogP contribution in [0, 0.1) is 13.8 Å². The van der Waals surface area contributed by atoms with Crippen molar-refractivity contribution in [2.75, 3.05) is 26.3 Å². The van der Waals surface area contributed by atoms with Gasteiger partial charge in [-0.05, 0) is 173 Å². The lowest BCUT2D eigenvalue weighted by Crippen LogP contribution is -2.33. The van der Waals surface area contributed by atoms with Crippen LogP contribution >= 0.6 is 12.4 Å². The number of aliphatic hydroxyl groups is 2. The summed E-state index contributed by atoms with van der Waals surface area (Å²) >= 11 is 0. The van der Waals surface area contributed by atoms with E-state index < -0.39 is 17.7 Å². The molecule has 0 spiro atoms. The number of fused-ring (bicyclic) bond motifs is 4. The number of aliphatic hydroxyl groups excluding tert-OH is 2. The highest BCUT2D eigenvalue weighted by Gasteiger charge is 2.27. The molecular formula is C59H75ClN8O9. The summed E-state index contributed by atoms with van der Waals surface area (Å²) in [6, 6.07) is 19.7. The van der Waals surface area contributed by atoms with Gasteiger partial charge in [0.2, 0.25) is 0 Å². The Bertz CT molecular complexity index is 3010. The average molecular weight is 1080 g/mol. The number of aromatic nitrogens is 4. The number of nitrogens with one attached hydrogen (secondary N) is 2. The number of carboxylic acid groups (broad SMARTS) is 1. The van der Waals surface area contributed by atoms with E-state index in [4.69, 9.17) is 40.8 Å². The van der Waals surface area contributed by atoms with Crippen molar-refractivity contribution in [2.45, 2.75) is 143 Å². The smallest absolute Gasteiger partial charge is 0.407 e. The summed E-state index contributed by atoms with van der Waals surface area (Å²) < 4.78 is 21.1. The van der Waals surface area contributed by atoms with Crippen molar-refractivity contribution in [1.29, 1.82) is 0 Å². The topological polar surface area (TPSA) is 251 Å². The Labute approximate surface area is 457 Å². The number of aryl methyl sites for hydroxylation is 6. The van der Waals surface area contributed by atoms with Crippen LogP contribution < -0.4 is 31.6 Å². The number of ether oxygens (including phenoxy) is 3. The zero-order valence-electron chi connectivity index (χ0n) is 45.0. The van der Waals surface area contributed by atoms with Gasteiger partial charge in [-0.2, -0.15) is 0 Å². The number of benzene rings is 4. The largest absolute Gasteiger partial charge is 0.493 e. The van der Waals surface area contributed by atoms with Crippen LogP contribution in [0.25, 0.3) is 22.5 Å². The zero-order valence-corrected chi connectivity index (χ0v) is 45.8. The molecule has 0 saturated heterocycles. The van der Waals surface area contributed by atoms with E-state index in [0.29, 0.717) is 66.5 Å². The maximum atomic E-state index is 13.2. The van der Waals surface area contributed by atoms with Gasteiger partial charge in [-0.1, -0.05) is 24.3 Å². The maximum absolute atomic E-state index is 13.2. The van der Waals surface area contributed by atoms with Gasteiger partial charge < -0.3 is 60.8 Å². The molecule has 18 heteroatoms. The molecular weight excluding hydrogens is 1000 g/mol. The molecule has 10 rings (SSSR count). The SMILES string of the molecule is Cc1c(CO)cc(C(=O)N[C@@H]2CCc3ccc(-c4cn5c(n4)CCC5)cc32)cc1OCCCN.Cc1c(CO)cc(C(=O)O)cc1OCCCNC(=O)OC(C)(C)C.Cl.N[C@@H]1CCc2ccc(-c3cn4c(n3)CCC4)cc21. The number of halogens is 1. The molecule has 2 amide bonds. The molecule has 0 saturated carbocycles. The van der Waals surface area contributed by atoms with E-state index in [1.165, 1.54) is 46.6 Å². The normalized spacial score (nSPS) is 15.6. The van der Waals surface area contributed by atoms with Crippen molar-refractivity contribution in [3.8, 4) is 34.0 Å². The Kier molecular flexibility index (Phi) is 19.6. The minimum absolute atomic E-state index is 0. The van der Waals surface area contributed by atoms with Crippen LogP contribution in [-0.2, 0) is 56.7 Å². The highest BCUT2D eigenvalue weighted by molar-refractivity contribution is 5.95. The maximum Gasteiger partial charge on any atom is 0.407 e. The van der Waals surface area contributed by atoms with Crippen molar-refractivity contribution in [1.82, 2.24) is 29.7 Å². The number of nitrogens with zero attached hydrogens (tertiary/aromatic N) is 4. The summed E-state index contributed by atoms with van der Waals surface area (Å²) in [5.74, 6) is 2.17. The first-order valence-electron chi connectivity index (χ1n) is 26.6. The molecule has 4 aliphatic rings. The number of carbonyl (C=O) groups excluding carboxylic acids is 2. The van der Waals surface area contributed by atoms with Gasteiger partial charge in [0.1, 0.15) is 28.7 Å². The molecule has 2 aliphatic carbocycles. The van der Waals surface area contributed by atoms with Crippen LogP contribution in [-0.4, -0.2) is 84.3 Å². The molecule has 9 N–H and O–H groups in total. The fourth-order valence-corrected chi connectivity index (χ4v) is 10.1. The van der Waals surface area contributed by atoms with Gasteiger partial charge in [-0.3, -0.25) is 4.79 Å². The van der Waals surface area contributed by atoms with Crippen LogP contribution in [0.5, 0.6) is 11.5 Å². The molecule has 0 fully saturated rings. The lowest BCUT2D eigenvalue weighted by molar-refractivity contribution is 0.0524. The summed E-state index contributed by atoms with van der Waals surface area (Å²) in [6.45, 7) is 12.4. The van der Waals surface area contributed by atoms with Crippen molar-refractivity contribution in [3.05, 3.63) is 140 Å². The first kappa shape index (κ1) is 57.9. The zero-order chi connectivity index (χ0) is 54.1. The molecule has 4 heterocycles. The summed E-state index contributed by atoms with van der Waals surface area (Å²) in [5.41, 5.74) is 24.0. The Morgan fingerprint density at radius 1 is 0.727 bits per heavy atom. The highest BCUT2D eigenvalue weighted by Crippen LogP contribution is 2.37. The van der Waals surface area contributed by atoms with E-state index in [0.717, 1.165) is 98.4 Å². The molecule has 6 aromatic rings. The Balaban J connectivity index is 0.000000176. The minimum Gasteiger partial charge on any atom is -0.493 e. The van der Waals surface area contributed by atoms with E-state index >= 15 is 0 Å². The number of rotatable bonds is 16. The second-order valence-corrected chi connectivity index (χ2v) is 21.0. The fraction of sp³-hybridized carbons (Fsp3) is 0.441. The Hall–Kier alpha value is -6.76. The van der Waals surface area contributed by atoms with E-state index in [-0.39, 0.29) is 49.2 Å². The number of hydrogen-bond donors (Lipinski definition) is 7. The molecule has 17 nitrogen and oxygen atoms in total. The number of carboxylic acids is 1. The Morgan fingerprint density at radius 3 is 1.81 bits per heavy atom. The number of amides is 2. The molecule has 2 aliphatic heterocycles. The van der Waals surface area contributed by atoms with Crippen LogP contribution in [0.4, 0.5) is 4.79 Å². The van der Waals surface area contributed by atoms with E-state index in [1.807, 2.05) is 6.92 Å². The monoisotopic (exact) mass is 1070 g/mol. The van der Waals surface area contributed by atoms with Crippen molar-refractivity contribution in [2.24, 2.45) is 11.5 Å². The number of nitrogens with two attached hydrogens (primary N) is 2. The van der Waals surface area contributed by atoms with Gasteiger partial charge in [-0.15, -0.1) is 12.4 Å². The second-order valence-electron chi connectivity index (χ2n) is 21.0. The first-order chi connectivity index (χ1) is 36.5. The minimum atomic E-state index is -1.08. The van der Waals surface area contributed by atoms with E-state index in [9.17, 15) is 24.6 Å². The van der Waals surface area contributed by atoms with Gasteiger partial charge in [-0.25, -0.2) is 19.6 Å². The predicted molar refractivity (Wildman–Crippen MR) is 298 cm³/mol. The van der Waals surface area contributed by atoms with Crippen molar-refractivity contribution < 1.29 is 43.9 Å². The van der Waals surface area contributed by atoms with Gasteiger partial charge in [0.05, 0.1) is 49.4 Å². The van der Waals surface area contributed by atoms with E-state index in [2.05, 4.69) is 68.6 Å². The first-order valence-corrected chi connectivity index (χ1v) is 26.6. The third-order valence-electron chi connectivity index (χ3n) is 14.3. The summed E-state index contributed by atoms with van der Waals surface area (Å²) in [4.78, 5) is 45.4. The number of imidazole rings is 2. The molecule has 4 aromatic carbocycles. The molecule has 77 heavy (non-hydrogen) atoms. The van der Waals surface area contributed by atoms with Gasteiger partial charge in [0.15, 0.2) is 0 Å². The number of hydrogen-bond acceptors (Lipinski definition) is 12. The molecule has 0 radical (unpaired) electrons. The van der Waals surface area contributed by atoms with E-state index in [1.54, 1.807) is 39.8 Å².